The Morgan fingerprint density at radius 2 is 2.05 bits per heavy atom. The van der Waals surface area contributed by atoms with Crippen LogP contribution in [0.15, 0.2) is 34.9 Å². The van der Waals surface area contributed by atoms with E-state index in [1.165, 1.54) is 12.1 Å². The van der Waals surface area contributed by atoms with Gasteiger partial charge < -0.3 is 9.52 Å². The van der Waals surface area contributed by atoms with E-state index in [0.717, 1.165) is 18.7 Å². The highest BCUT2D eigenvalue weighted by Crippen LogP contribution is 2.22. The maximum absolute atomic E-state index is 10.6. The summed E-state index contributed by atoms with van der Waals surface area (Å²) >= 11 is 0. The van der Waals surface area contributed by atoms with Crippen LogP contribution in [0.2, 0.25) is 0 Å². The van der Waals surface area contributed by atoms with E-state index in [9.17, 15) is 10.1 Å². The van der Waals surface area contributed by atoms with Crippen molar-refractivity contribution < 1.29 is 14.4 Å². The summed E-state index contributed by atoms with van der Waals surface area (Å²) in [6.45, 7) is 4.25. The summed E-state index contributed by atoms with van der Waals surface area (Å²) < 4.78 is 5.44. The molecular formula is C15H19N3O4. The van der Waals surface area contributed by atoms with Crippen LogP contribution in [-0.2, 0) is 6.54 Å². The van der Waals surface area contributed by atoms with Gasteiger partial charge in [0.25, 0.3) is 5.69 Å². The second kappa shape index (κ2) is 7.67. The number of rotatable bonds is 8. The summed E-state index contributed by atoms with van der Waals surface area (Å²) in [5, 5.41) is 19.7. The van der Waals surface area contributed by atoms with Crippen LogP contribution in [0.5, 0.6) is 0 Å². The Kier molecular flexibility index (Phi) is 5.62. The van der Waals surface area contributed by atoms with Crippen molar-refractivity contribution in [3.63, 3.8) is 0 Å². The van der Waals surface area contributed by atoms with E-state index in [4.69, 9.17) is 9.52 Å². The molecule has 0 saturated carbocycles. The minimum absolute atomic E-state index is 0.0348. The van der Waals surface area contributed by atoms with Gasteiger partial charge >= 0.3 is 0 Å². The largest absolute Gasteiger partial charge is 0.444 e. The number of nitro benzene ring substituents is 1. The van der Waals surface area contributed by atoms with Crippen molar-refractivity contribution in [3.8, 4) is 11.5 Å². The number of aliphatic hydroxyl groups is 1. The van der Waals surface area contributed by atoms with Crippen molar-refractivity contribution in [2.45, 2.75) is 19.9 Å². The first-order valence-electron chi connectivity index (χ1n) is 7.16. The van der Waals surface area contributed by atoms with E-state index in [1.807, 2.05) is 0 Å². The van der Waals surface area contributed by atoms with Crippen LogP contribution in [0.1, 0.15) is 19.0 Å². The second-order valence-corrected chi connectivity index (χ2v) is 4.95. The molecule has 0 bridgehead atoms. The highest BCUT2D eigenvalue weighted by molar-refractivity contribution is 5.55. The molecule has 0 aliphatic carbocycles. The molecule has 7 heteroatoms. The Labute approximate surface area is 128 Å². The number of benzene rings is 1. The number of nitrogens with zero attached hydrogens (tertiary/aromatic N) is 3. The molecular weight excluding hydrogens is 286 g/mol. The van der Waals surface area contributed by atoms with Gasteiger partial charge in [0.1, 0.15) is 6.26 Å². The SMILES string of the molecule is CCCN(CCO)Cc1coc(-c2ccc([N+](=O)[O-])cc2)n1. The first kappa shape index (κ1) is 16.1. The van der Waals surface area contributed by atoms with Crippen LogP contribution in [-0.4, -0.2) is 39.6 Å². The number of non-ortho nitro benzene ring substituents is 1. The molecule has 1 N–H and O–H groups in total. The molecule has 22 heavy (non-hydrogen) atoms. The Bertz CT molecular complexity index is 604. The van der Waals surface area contributed by atoms with Crippen LogP contribution >= 0.6 is 0 Å². The Morgan fingerprint density at radius 1 is 1.32 bits per heavy atom. The van der Waals surface area contributed by atoms with E-state index in [0.29, 0.717) is 24.5 Å². The van der Waals surface area contributed by atoms with Gasteiger partial charge in [0.2, 0.25) is 5.89 Å². The number of aromatic nitrogens is 1. The molecule has 2 rings (SSSR count). The summed E-state index contributed by atoms with van der Waals surface area (Å²) in [5.41, 5.74) is 1.50. The van der Waals surface area contributed by atoms with Crippen LogP contribution in [0.4, 0.5) is 5.69 Å². The molecule has 1 heterocycles. The average Bonchev–Trinajstić information content (AvgIpc) is 2.96. The summed E-state index contributed by atoms with van der Waals surface area (Å²) in [4.78, 5) is 16.7. The van der Waals surface area contributed by atoms with Gasteiger partial charge in [-0.2, -0.15) is 0 Å². The number of hydrogen-bond donors (Lipinski definition) is 1. The molecule has 0 unspecified atom stereocenters. The number of aliphatic hydroxyl groups excluding tert-OH is 1. The van der Waals surface area contributed by atoms with Gasteiger partial charge in [-0.1, -0.05) is 6.92 Å². The molecule has 0 saturated heterocycles. The number of nitro groups is 1. The van der Waals surface area contributed by atoms with Gasteiger partial charge in [-0.25, -0.2) is 4.98 Å². The number of oxazole rings is 1. The minimum Gasteiger partial charge on any atom is -0.444 e. The Hall–Kier alpha value is -2.25. The van der Waals surface area contributed by atoms with Gasteiger partial charge in [0, 0.05) is 30.8 Å². The summed E-state index contributed by atoms with van der Waals surface area (Å²) in [6.07, 6.45) is 2.57. The van der Waals surface area contributed by atoms with E-state index < -0.39 is 4.92 Å². The molecule has 0 aliphatic rings. The fourth-order valence-corrected chi connectivity index (χ4v) is 2.19. The van der Waals surface area contributed by atoms with E-state index in [2.05, 4.69) is 16.8 Å². The van der Waals surface area contributed by atoms with Crippen molar-refractivity contribution in [2.24, 2.45) is 0 Å². The highest BCUT2D eigenvalue weighted by Gasteiger charge is 2.12. The smallest absolute Gasteiger partial charge is 0.269 e. The maximum atomic E-state index is 10.6. The van der Waals surface area contributed by atoms with E-state index in [1.54, 1.807) is 18.4 Å². The van der Waals surface area contributed by atoms with Gasteiger partial charge in [0.15, 0.2) is 0 Å². The molecule has 0 aliphatic heterocycles. The third-order valence-electron chi connectivity index (χ3n) is 3.22. The van der Waals surface area contributed by atoms with Crippen molar-refractivity contribution in [1.82, 2.24) is 9.88 Å². The van der Waals surface area contributed by atoms with Gasteiger partial charge in [-0.05, 0) is 25.1 Å². The van der Waals surface area contributed by atoms with Crippen LogP contribution in [0.25, 0.3) is 11.5 Å². The van der Waals surface area contributed by atoms with Crippen LogP contribution < -0.4 is 0 Å². The van der Waals surface area contributed by atoms with Crippen molar-refractivity contribution in [3.05, 3.63) is 46.3 Å². The van der Waals surface area contributed by atoms with Gasteiger partial charge in [0.05, 0.1) is 17.2 Å². The van der Waals surface area contributed by atoms with E-state index in [-0.39, 0.29) is 12.3 Å². The monoisotopic (exact) mass is 305 g/mol. The molecule has 0 radical (unpaired) electrons. The minimum atomic E-state index is -0.442. The molecule has 0 atom stereocenters. The normalized spacial score (nSPS) is 11.0. The quantitative estimate of drug-likeness (QED) is 0.595. The summed E-state index contributed by atoms with van der Waals surface area (Å²) in [6, 6.07) is 6.08. The Balaban J connectivity index is 2.08. The zero-order valence-electron chi connectivity index (χ0n) is 12.4. The van der Waals surface area contributed by atoms with Crippen molar-refractivity contribution in [1.29, 1.82) is 0 Å². The molecule has 7 nitrogen and oxygen atoms in total. The second-order valence-electron chi connectivity index (χ2n) is 4.95. The topological polar surface area (TPSA) is 92.6 Å². The lowest BCUT2D eigenvalue weighted by molar-refractivity contribution is -0.384. The number of hydrogen-bond acceptors (Lipinski definition) is 6. The molecule has 2 aromatic rings. The lowest BCUT2D eigenvalue weighted by atomic mass is 10.2. The van der Waals surface area contributed by atoms with Gasteiger partial charge in [-0.3, -0.25) is 15.0 Å². The van der Waals surface area contributed by atoms with Crippen LogP contribution in [0.3, 0.4) is 0 Å². The zero-order valence-corrected chi connectivity index (χ0v) is 12.4. The highest BCUT2D eigenvalue weighted by atomic mass is 16.6. The molecule has 0 fully saturated rings. The third-order valence-corrected chi connectivity index (χ3v) is 3.22. The van der Waals surface area contributed by atoms with Crippen molar-refractivity contribution in [2.75, 3.05) is 19.7 Å². The fraction of sp³-hybridized carbons (Fsp3) is 0.400. The zero-order chi connectivity index (χ0) is 15.9. The predicted octanol–water partition coefficient (Wildman–Crippen LogP) is 2.45. The molecule has 1 aromatic heterocycles. The first-order chi connectivity index (χ1) is 10.6. The summed E-state index contributed by atoms with van der Waals surface area (Å²) in [5.74, 6) is 0.436. The predicted molar refractivity (Wildman–Crippen MR) is 81.2 cm³/mol. The van der Waals surface area contributed by atoms with Crippen LogP contribution in [0, 0.1) is 10.1 Å². The molecule has 0 amide bonds. The lowest BCUT2D eigenvalue weighted by Crippen LogP contribution is -2.27. The Morgan fingerprint density at radius 3 is 2.64 bits per heavy atom. The third kappa shape index (κ3) is 4.12. The van der Waals surface area contributed by atoms with Crippen molar-refractivity contribution >= 4 is 5.69 Å². The maximum Gasteiger partial charge on any atom is 0.269 e. The van der Waals surface area contributed by atoms with Gasteiger partial charge in [-0.15, -0.1) is 0 Å². The molecule has 0 spiro atoms. The average molecular weight is 305 g/mol. The van der Waals surface area contributed by atoms with E-state index >= 15 is 0 Å². The fourth-order valence-electron chi connectivity index (χ4n) is 2.19. The molecule has 1 aromatic carbocycles. The summed E-state index contributed by atoms with van der Waals surface area (Å²) in [7, 11) is 0. The standard InChI is InChI=1S/C15H19N3O4/c1-2-7-17(8-9-19)10-13-11-22-15(16-13)12-3-5-14(6-4-12)18(20)21/h3-6,11,19H,2,7-10H2,1H3. The first-order valence-corrected chi connectivity index (χ1v) is 7.16. The lowest BCUT2D eigenvalue weighted by Gasteiger charge is -2.18. The molecule has 118 valence electrons.